The van der Waals surface area contributed by atoms with Crippen LogP contribution in [0.1, 0.15) is 29.3 Å². The van der Waals surface area contributed by atoms with E-state index in [4.69, 9.17) is 0 Å². The van der Waals surface area contributed by atoms with Gasteiger partial charge in [-0.05, 0) is 88.1 Å². The molecule has 1 atom stereocenters. The summed E-state index contributed by atoms with van der Waals surface area (Å²) in [4.78, 5) is 15.0. The lowest BCUT2D eigenvalue weighted by atomic mass is 9.96. The number of carbonyl (C=O) groups is 1. The summed E-state index contributed by atoms with van der Waals surface area (Å²) < 4.78 is 1.92. The fourth-order valence-electron chi connectivity index (χ4n) is 2.79. The monoisotopic (exact) mass is 455 g/mol. The highest BCUT2D eigenvalue weighted by atomic mass is 127. The molecule has 2 aromatic carbocycles. The van der Waals surface area contributed by atoms with Gasteiger partial charge in [0, 0.05) is 19.8 Å². The van der Waals surface area contributed by atoms with Gasteiger partial charge in [-0.2, -0.15) is 0 Å². The molecule has 4 heteroatoms. The summed E-state index contributed by atoms with van der Waals surface area (Å²) in [6.07, 6.45) is 2.04. The summed E-state index contributed by atoms with van der Waals surface area (Å²) in [5.74, 6) is 0.0695. The van der Waals surface area contributed by atoms with E-state index < -0.39 is 0 Å². The Kier molecular flexibility index (Phi) is 4.36. The second-order valence-corrected chi connectivity index (χ2v) is 7.42. The summed E-state index contributed by atoms with van der Waals surface area (Å²) in [5, 5.41) is 0. The zero-order valence-corrected chi connectivity index (χ0v) is 15.4. The molecule has 0 radical (unpaired) electrons. The van der Waals surface area contributed by atoms with Gasteiger partial charge in [-0.1, -0.05) is 18.2 Å². The van der Waals surface area contributed by atoms with Gasteiger partial charge in [-0.3, -0.25) is 4.79 Å². The van der Waals surface area contributed by atoms with Crippen molar-refractivity contribution in [1.29, 1.82) is 0 Å². The molecule has 0 saturated heterocycles. The van der Waals surface area contributed by atoms with Gasteiger partial charge in [0.1, 0.15) is 0 Å². The van der Waals surface area contributed by atoms with Crippen molar-refractivity contribution in [2.24, 2.45) is 0 Å². The molecule has 1 amide bonds. The van der Waals surface area contributed by atoms with Crippen LogP contribution in [0.4, 0.5) is 5.69 Å². The number of rotatable bonds is 1. The summed E-state index contributed by atoms with van der Waals surface area (Å²) in [7, 11) is 0. The molecule has 3 rings (SSSR count). The highest BCUT2D eigenvalue weighted by Gasteiger charge is 2.29. The van der Waals surface area contributed by atoms with E-state index in [1.165, 1.54) is 5.56 Å². The number of carbonyl (C=O) groups excluding carboxylic acids is 1. The van der Waals surface area contributed by atoms with Crippen LogP contribution in [0.25, 0.3) is 0 Å². The minimum atomic E-state index is 0.0695. The number of para-hydroxylation sites is 1. The van der Waals surface area contributed by atoms with Crippen LogP contribution < -0.4 is 4.90 Å². The summed E-state index contributed by atoms with van der Waals surface area (Å²) in [5.41, 5.74) is 3.03. The molecule has 1 aliphatic heterocycles. The first-order chi connectivity index (χ1) is 10.1. The Hall–Kier alpha value is -0.880. The number of benzene rings is 2. The predicted molar refractivity (Wildman–Crippen MR) is 97.9 cm³/mol. The first-order valence-corrected chi connectivity index (χ1v) is 8.81. The molecule has 0 aliphatic carbocycles. The van der Waals surface area contributed by atoms with Gasteiger partial charge in [0.25, 0.3) is 5.91 Å². The van der Waals surface area contributed by atoms with E-state index in [0.717, 1.165) is 32.1 Å². The normalized spacial score (nSPS) is 17.5. The fraction of sp³-hybridized carbons (Fsp3) is 0.235. The minimum absolute atomic E-state index is 0.0695. The highest BCUT2D eigenvalue weighted by Crippen LogP contribution is 2.33. The molecule has 2 aromatic rings. The Morgan fingerprint density at radius 1 is 1.29 bits per heavy atom. The second-order valence-electron chi connectivity index (χ2n) is 5.32. The molecule has 0 N–H and O–H groups in total. The molecule has 0 fully saturated rings. The van der Waals surface area contributed by atoms with Crippen molar-refractivity contribution in [3.8, 4) is 0 Å². The molecule has 0 bridgehead atoms. The Balaban J connectivity index is 2.07. The average molecular weight is 456 g/mol. The maximum Gasteiger partial charge on any atom is 0.259 e. The first kappa shape index (κ1) is 15.0. The van der Waals surface area contributed by atoms with Crippen LogP contribution in [0.15, 0.2) is 46.9 Å². The highest BCUT2D eigenvalue weighted by molar-refractivity contribution is 14.1. The Labute approximate surface area is 146 Å². The molecule has 108 valence electrons. The van der Waals surface area contributed by atoms with Crippen molar-refractivity contribution < 1.29 is 4.79 Å². The van der Waals surface area contributed by atoms with E-state index in [2.05, 4.69) is 51.5 Å². The van der Waals surface area contributed by atoms with Crippen LogP contribution in [0.5, 0.6) is 0 Å². The van der Waals surface area contributed by atoms with E-state index in [0.29, 0.717) is 0 Å². The minimum Gasteiger partial charge on any atom is -0.305 e. The van der Waals surface area contributed by atoms with Crippen LogP contribution >= 0.6 is 38.5 Å². The van der Waals surface area contributed by atoms with Crippen LogP contribution in [-0.4, -0.2) is 11.9 Å². The number of hydrogen-bond acceptors (Lipinski definition) is 1. The largest absolute Gasteiger partial charge is 0.305 e. The van der Waals surface area contributed by atoms with Crippen molar-refractivity contribution in [3.05, 3.63) is 61.6 Å². The molecule has 1 aliphatic rings. The molecular formula is C17H15BrINO. The average Bonchev–Trinajstić information content (AvgIpc) is 2.49. The number of hydrogen-bond donors (Lipinski definition) is 0. The second kappa shape index (κ2) is 6.08. The van der Waals surface area contributed by atoms with E-state index in [1.807, 2.05) is 41.3 Å². The van der Waals surface area contributed by atoms with E-state index in [-0.39, 0.29) is 11.9 Å². The van der Waals surface area contributed by atoms with Gasteiger partial charge in [-0.15, -0.1) is 0 Å². The van der Waals surface area contributed by atoms with Gasteiger partial charge < -0.3 is 4.90 Å². The summed E-state index contributed by atoms with van der Waals surface area (Å²) in [6.45, 7) is 2.12. The van der Waals surface area contributed by atoms with Gasteiger partial charge in [0.15, 0.2) is 0 Å². The predicted octanol–water partition coefficient (Wildman–Crippen LogP) is 5.04. The Bertz CT molecular complexity index is 701. The smallest absolute Gasteiger partial charge is 0.259 e. The molecular weight excluding hydrogens is 441 g/mol. The van der Waals surface area contributed by atoms with Crippen molar-refractivity contribution >= 4 is 50.1 Å². The number of fused-ring (bicyclic) bond motifs is 1. The molecule has 2 nitrogen and oxygen atoms in total. The number of nitrogens with zero attached hydrogens (tertiary/aromatic N) is 1. The Morgan fingerprint density at radius 3 is 2.86 bits per heavy atom. The molecule has 1 heterocycles. The topological polar surface area (TPSA) is 20.3 Å². The first-order valence-electron chi connectivity index (χ1n) is 6.94. The van der Waals surface area contributed by atoms with Gasteiger partial charge >= 0.3 is 0 Å². The molecule has 0 saturated carbocycles. The lowest BCUT2D eigenvalue weighted by Crippen LogP contribution is -2.42. The standard InChI is InChI=1S/C17H15BrINO/c1-11-6-7-12-4-2-3-5-16(12)20(11)17(21)14-10-13(19)8-9-15(14)18/h2-5,8-11H,6-7H2,1H3. The van der Waals surface area contributed by atoms with Gasteiger partial charge in [-0.25, -0.2) is 0 Å². The lowest BCUT2D eigenvalue weighted by molar-refractivity contribution is 0.0974. The third-order valence-electron chi connectivity index (χ3n) is 3.90. The van der Waals surface area contributed by atoms with Gasteiger partial charge in [0.2, 0.25) is 0 Å². The van der Waals surface area contributed by atoms with Crippen molar-refractivity contribution in [3.63, 3.8) is 0 Å². The lowest BCUT2D eigenvalue weighted by Gasteiger charge is -2.35. The van der Waals surface area contributed by atoms with E-state index >= 15 is 0 Å². The van der Waals surface area contributed by atoms with Crippen LogP contribution in [0.2, 0.25) is 0 Å². The SMILES string of the molecule is CC1CCc2ccccc2N1C(=O)c1cc(I)ccc1Br. The number of amides is 1. The van der Waals surface area contributed by atoms with Crippen LogP contribution in [0, 0.1) is 3.57 Å². The van der Waals surface area contributed by atoms with Crippen LogP contribution in [-0.2, 0) is 6.42 Å². The van der Waals surface area contributed by atoms with Gasteiger partial charge in [0.05, 0.1) is 5.56 Å². The van der Waals surface area contributed by atoms with Crippen LogP contribution in [0.3, 0.4) is 0 Å². The quantitative estimate of drug-likeness (QED) is 0.552. The number of halogens is 2. The summed E-state index contributed by atoms with van der Waals surface area (Å²) >= 11 is 5.75. The molecule has 0 spiro atoms. The summed E-state index contributed by atoms with van der Waals surface area (Å²) in [6, 6.07) is 14.3. The van der Waals surface area contributed by atoms with E-state index in [9.17, 15) is 4.79 Å². The Morgan fingerprint density at radius 2 is 2.05 bits per heavy atom. The van der Waals surface area contributed by atoms with Crippen molar-refractivity contribution in [2.45, 2.75) is 25.8 Å². The van der Waals surface area contributed by atoms with E-state index in [1.54, 1.807) is 0 Å². The van der Waals surface area contributed by atoms with Crippen molar-refractivity contribution in [1.82, 2.24) is 0 Å². The maximum atomic E-state index is 13.0. The third-order valence-corrected chi connectivity index (χ3v) is 5.26. The molecule has 21 heavy (non-hydrogen) atoms. The third kappa shape index (κ3) is 2.88. The van der Waals surface area contributed by atoms with Crippen molar-refractivity contribution in [2.75, 3.05) is 4.90 Å². The zero-order chi connectivity index (χ0) is 15.0. The zero-order valence-electron chi connectivity index (χ0n) is 11.6. The maximum absolute atomic E-state index is 13.0. The fourth-order valence-corrected chi connectivity index (χ4v) is 3.70. The molecule has 1 unspecified atom stereocenters. The molecule has 0 aromatic heterocycles. The number of anilines is 1. The number of aryl methyl sites for hydroxylation is 1.